The standard InChI is InChI=1S/C20H24Cl4SSi2/c1-15-7-3-11-19(17(15)9-5-13-26(21)22)25-20-12-4-8-16(2)18(20)10-6-14-27(23)24/h3-4,7-8,11-12H,5-6,9-10,13-14H2,1-2H3. The molecule has 2 aromatic rings. The van der Waals surface area contributed by atoms with Crippen LogP contribution >= 0.6 is 56.1 Å². The Bertz CT molecular complexity index is 676. The molecule has 0 heterocycles. The Labute approximate surface area is 190 Å². The van der Waals surface area contributed by atoms with Crippen LogP contribution < -0.4 is 0 Å². The Hall–Kier alpha value is 0.384. The molecule has 27 heavy (non-hydrogen) atoms. The first-order valence-corrected chi connectivity index (χ1v) is 17.3. The van der Waals surface area contributed by atoms with Crippen molar-refractivity contribution in [1.29, 1.82) is 0 Å². The lowest BCUT2D eigenvalue weighted by Gasteiger charge is -2.16. The van der Waals surface area contributed by atoms with Gasteiger partial charge in [-0.2, -0.15) is 0 Å². The smallest absolute Gasteiger partial charge is 0.147 e. The fourth-order valence-corrected chi connectivity index (χ4v) is 6.89. The van der Waals surface area contributed by atoms with Crippen LogP contribution in [0.1, 0.15) is 35.1 Å². The largest absolute Gasteiger partial charge is 0.273 e. The number of hydrogen-bond donors (Lipinski definition) is 0. The quantitative estimate of drug-likeness (QED) is 0.237. The van der Waals surface area contributed by atoms with Gasteiger partial charge in [0.2, 0.25) is 0 Å². The third-order valence-corrected chi connectivity index (χ3v) is 9.48. The van der Waals surface area contributed by atoms with Crippen LogP contribution in [0.2, 0.25) is 12.1 Å². The monoisotopic (exact) mass is 492 g/mol. The van der Waals surface area contributed by atoms with Gasteiger partial charge >= 0.3 is 0 Å². The zero-order valence-electron chi connectivity index (χ0n) is 15.6. The van der Waals surface area contributed by atoms with Crippen molar-refractivity contribution in [2.24, 2.45) is 0 Å². The lowest BCUT2D eigenvalue weighted by atomic mass is 10.0. The number of benzene rings is 2. The zero-order chi connectivity index (χ0) is 19.8. The van der Waals surface area contributed by atoms with Crippen LogP contribution in [0, 0.1) is 13.8 Å². The van der Waals surface area contributed by atoms with Crippen molar-refractivity contribution in [2.45, 2.75) is 61.4 Å². The Morgan fingerprint density at radius 2 is 1.11 bits per heavy atom. The second-order valence-corrected chi connectivity index (χ2v) is 16.7. The Balaban J connectivity index is 2.21. The minimum atomic E-state index is -1.20. The van der Waals surface area contributed by atoms with Gasteiger partial charge in [0.15, 0.2) is 0 Å². The van der Waals surface area contributed by atoms with Crippen molar-refractivity contribution >= 4 is 70.9 Å². The highest BCUT2D eigenvalue weighted by Crippen LogP contribution is 2.36. The summed E-state index contributed by atoms with van der Waals surface area (Å²) in [6.07, 6.45) is 4.12. The molecule has 0 fully saturated rings. The van der Waals surface area contributed by atoms with Crippen LogP contribution in [0.15, 0.2) is 46.2 Å². The molecule has 2 rings (SSSR count). The lowest BCUT2D eigenvalue weighted by Crippen LogP contribution is -1.99. The van der Waals surface area contributed by atoms with Crippen molar-refractivity contribution in [3.63, 3.8) is 0 Å². The third-order valence-electron chi connectivity index (χ3n) is 4.54. The summed E-state index contributed by atoms with van der Waals surface area (Å²) in [5.74, 6) is 0. The van der Waals surface area contributed by atoms with Gasteiger partial charge in [-0.25, -0.2) is 0 Å². The summed E-state index contributed by atoms with van der Waals surface area (Å²) in [4.78, 5) is 2.67. The van der Waals surface area contributed by atoms with E-state index in [4.69, 9.17) is 44.3 Å². The minimum Gasteiger partial charge on any atom is -0.147 e. The van der Waals surface area contributed by atoms with E-state index in [0.717, 1.165) is 37.8 Å². The molecule has 0 unspecified atom stereocenters. The van der Waals surface area contributed by atoms with Crippen LogP contribution in [0.3, 0.4) is 0 Å². The van der Waals surface area contributed by atoms with Gasteiger partial charge in [0, 0.05) is 9.79 Å². The van der Waals surface area contributed by atoms with E-state index in [2.05, 4.69) is 50.2 Å². The SMILES string of the molecule is Cc1cccc(Sc2cccc(C)c2CCC[Si](Cl)Cl)c1CCC[Si](Cl)Cl. The Kier molecular flexibility index (Phi) is 10.7. The minimum absolute atomic E-state index is 0.919. The molecular weight excluding hydrogens is 470 g/mol. The molecular formula is C20H24Cl4SSi2. The van der Waals surface area contributed by atoms with E-state index in [0.29, 0.717) is 0 Å². The van der Waals surface area contributed by atoms with E-state index in [-0.39, 0.29) is 0 Å². The summed E-state index contributed by atoms with van der Waals surface area (Å²) in [7, 11) is -2.40. The van der Waals surface area contributed by atoms with Gasteiger partial charge in [0.1, 0.15) is 0 Å². The normalized spacial score (nSPS) is 11.6. The summed E-state index contributed by atoms with van der Waals surface area (Å²) >= 11 is 25.9. The first kappa shape index (κ1) is 23.7. The van der Waals surface area contributed by atoms with Crippen molar-refractivity contribution in [3.8, 4) is 0 Å². The molecule has 146 valence electrons. The predicted octanol–water partition coefficient (Wildman–Crippen LogP) is 8.25. The van der Waals surface area contributed by atoms with Crippen molar-refractivity contribution in [2.75, 3.05) is 0 Å². The van der Waals surface area contributed by atoms with Gasteiger partial charge in [-0.1, -0.05) is 36.0 Å². The van der Waals surface area contributed by atoms with Crippen molar-refractivity contribution < 1.29 is 0 Å². The molecule has 0 atom stereocenters. The summed E-state index contributed by atoms with van der Waals surface area (Å²) in [6, 6.07) is 15.0. The van der Waals surface area contributed by atoms with Gasteiger partial charge in [-0.3, -0.25) is 0 Å². The summed E-state index contributed by atoms with van der Waals surface area (Å²) in [5, 5.41) is 0. The summed E-state index contributed by atoms with van der Waals surface area (Å²) in [5.41, 5.74) is 5.50. The Morgan fingerprint density at radius 3 is 1.48 bits per heavy atom. The number of hydrogen-bond acceptors (Lipinski definition) is 1. The summed E-state index contributed by atoms with van der Waals surface area (Å²) in [6.45, 7) is 4.38. The second kappa shape index (κ2) is 12.2. The first-order chi connectivity index (χ1) is 12.9. The molecule has 0 amide bonds. The topological polar surface area (TPSA) is 0 Å². The van der Waals surface area contributed by atoms with Crippen LogP contribution in [0.25, 0.3) is 0 Å². The van der Waals surface area contributed by atoms with Crippen LogP contribution in [0.4, 0.5) is 0 Å². The number of rotatable bonds is 10. The Morgan fingerprint density at radius 1 is 0.704 bits per heavy atom. The predicted molar refractivity (Wildman–Crippen MR) is 128 cm³/mol. The maximum absolute atomic E-state index is 6.01. The van der Waals surface area contributed by atoms with Crippen molar-refractivity contribution in [3.05, 3.63) is 58.7 Å². The van der Waals surface area contributed by atoms with E-state index >= 15 is 0 Å². The maximum atomic E-state index is 6.01. The molecule has 0 aromatic heterocycles. The molecule has 0 bridgehead atoms. The average molecular weight is 494 g/mol. The average Bonchev–Trinajstić information content (AvgIpc) is 2.59. The fraction of sp³-hybridized carbons (Fsp3) is 0.400. The van der Waals surface area contributed by atoms with Gasteiger partial charge in [0.25, 0.3) is 14.8 Å². The highest BCUT2D eigenvalue weighted by Gasteiger charge is 2.13. The second-order valence-electron chi connectivity index (χ2n) is 6.59. The lowest BCUT2D eigenvalue weighted by molar-refractivity contribution is 0.879. The molecule has 0 aliphatic rings. The number of aryl methyl sites for hydroxylation is 2. The molecule has 0 aliphatic heterocycles. The fourth-order valence-electron chi connectivity index (χ4n) is 3.10. The van der Waals surface area contributed by atoms with E-state index < -0.39 is 14.8 Å². The molecule has 0 saturated heterocycles. The maximum Gasteiger partial charge on any atom is 0.273 e. The van der Waals surface area contributed by atoms with Gasteiger partial charge in [0.05, 0.1) is 0 Å². The highest BCUT2D eigenvalue weighted by molar-refractivity contribution is 7.99. The van der Waals surface area contributed by atoms with Crippen LogP contribution in [-0.2, 0) is 12.8 Å². The van der Waals surface area contributed by atoms with Crippen LogP contribution in [0.5, 0.6) is 0 Å². The first-order valence-electron chi connectivity index (χ1n) is 9.07. The van der Waals surface area contributed by atoms with E-state index in [9.17, 15) is 0 Å². The molecule has 0 spiro atoms. The van der Waals surface area contributed by atoms with Crippen molar-refractivity contribution in [1.82, 2.24) is 0 Å². The molecule has 0 N–H and O–H groups in total. The van der Waals surface area contributed by atoms with Gasteiger partial charge in [-0.05, 0) is 86.0 Å². The molecule has 2 radical (unpaired) electrons. The molecule has 0 saturated carbocycles. The molecule has 0 nitrogen and oxygen atoms in total. The van der Waals surface area contributed by atoms with E-state index in [1.165, 1.54) is 32.0 Å². The number of halogens is 4. The molecule has 2 aromatic carbocycles. The van der Waals surface area contributed by atoms with E-state index in [1.54, 1.807) is 0 Å². The highest BCUT2D eigenvalue weighted by atomic mass is 35.7. The molecule has 7 heteroatoms. The third kappa shape index (κ3) is 7.96. The van der Waals surface area contributed by atoms with Crippen LogP contribution in [-0.4, -0.2) is 14.8 Å². The summed E-state index contributed by atoms with van der Waals surface area (Å²) < 4.78 is 0. The van der Waals surface area contributed by atoms with Gasteiger partial charge in [-0.15, -0.1) is 44.3 Å². The van der Waals surface area contributed by atoms with Gasteiger partial charge < -0.3 is 0 Å². The van der Waals surface area contributed by atoms with E-state index in [1.807, 2.05) is 11.8 Å². The molecule has 0 aliphatic carbocycles. The zero-order valence-corrected chi connectivity index (χ0v) is 21.5.